The van der Waals surface area contributed by atoms with Crippen LogP contribution >= 0.6 is 11.3 Å². The minimum Gasteiger partial charge on any atom is -0.382 e. The van der Waals surface area contributed by atoms with Crippen molar-refractivity contribution in [2.24, 2.45) is 0 Å². The van der Waals surface area contributed by atoms with E-state index in [-0.39, 0.29) is 0 Å². The number of aromatic nitrogens is 5. The van der Waals surface area contributed by atoms with Gasteiger partial charge in [-0.3, -0.25) is 0 Å². The van der Waals surface area contributed by atoms with Crippen molar-refractivity contribution >= 4 is 28.2 Å². The molecule has 0 aliphatic heterocycles. The summed E-state index contributed by atoms with van der Waals surface area (Å²) >= 11 is 1.36. The van der Waals surface area contributed by atoms with E-state index in [2.05, 4.69) is 36.8 Å². The first-order chi connectivity index (χ1) is 13.0. The van der Waals surface area contributed by atoms with Crippen molar-refractivity contribution in [3.8, 4) is 23.2 Å². The third-order valence-corrected chi connectivity index (χ3v) is 4.81. The maximum Gasteiger partial charge on any atom is 0.174 e. The zero-order chi connectivity index (χ0) is 18.9. The minimum atomic E-state index is -1.31. The van der Waals surface area contributed by atoms with Gasteiger partial charge in [0.15, 0.2) is 17.2 Å². The van der Waals surface area contributed by atoms with Crippen LogP contribution in [0.3, 0.4) is 0 Å². The SMILES string of the molecule is CC(O)(C#Cc1cccc(-c2ncc3ncnc(N)c3n2)c1)c1nccs1. The molecule has 0 aliphatic rings. The van der Waals surface area contributed by atoms with Gasteiger partial charge in [0.2, 0.25) is 0 Å². The normalized spacial score (nSPS) is 13.0. The third-order valence-electron chi connectivity index (χ3n) is 3.83. The lowest BCUT2D eigenvalue weighted by Crippen LogP contribution is -2.17. The van der Waals surface area contributed by atoms with E-state index in [9.17, 15) is 5.11 Å². The second-order valence-corrected chi connectivity index (χ2v) is 6.82. The highest BCUT2D eigenvalue weighted by molar-refractivity contribution is 7.09. The molecule has 27 heavy (non-hydrogen) atoms. The summed E-state index contributed by atoms with van der Waals surface area (Å²) in [5.74, 6) is 6.67. The Labute approximate surface area is 159 Å². The van der Waals surface area contributed by atoms with E-state index in [0.29, 0.717) is 27.7 Å². The molecular formula is C19H14N6OS. The van der Waals surface area contributed by atoms with Crippen LogP contribution in [0.5, 0.6) is 0 Å². The average Bonchev–Trinajstić information content (AvgIpc) is 3.23. The molecule has 3 N–H and O–H groups in total. The molecule has 7 nitrogen and oxygen atoms in total. The summed E-state index contributed by atoms with van der Waals surface area (Å²) < 4.78 is 0. The van der Waals surface area contributed by atoms with Crippen LogP contribution < -0.4 is 5.73 Å². The number of fused-ring (bicyclic) bond motifs is 1. The number of nitrogens with two attached hydrogens (primary N) is 1. The van der Waals surface area contributed by atoms with E-state index in [4.69, 9.17) is 5.73 Å². The highest BCUT2D eigenvalue weighted by atomic mass is 32.1. The lowest BCUT2D eigenvalue weighted by atomic mass is 10.1. The van der Waals surface area contributed by atoms with Crippen molar-refractivity contribution in [3.63, 3.8) is 0 Å². The van der Waals surface area contributed by atoms with Gasteiger partial charge < -0.3 is 10.8 Å². The molecule has 0 fully saturated rings. The third kappa shape index (κ3) is 3.46. The van der Waals surface area contributed by atoms with Crippen molar-refractivity contribution in [2.75, 3.05) is 5.73 Å². The van der Waals surface area contributed by atoms with Gasteiger partial charge in [-0.05, 0) is 19.1 Å². The number of nitrogen functional groups attached to an aromatic ring is 1. The van der Waals surface area contributed by atoms with Gasteiger partial charge in [-0.15, -0.1) is 11.3 Å². The van der Waals surface area contributed by atoms with Crippen LogP contribution in [0, 0.1) is 11.8 Å². The van der Waals surface area contributed by atoms with Gasteiger partial charge >= 0.3 is 0 Å². The summed E-state index contributed by atoms with van der Waals surface area (Å²) in [6.45, 7) is 1.62. The molecule has 1 aromatic carbocycles. The zero-order valence-electron chi connectivity index (χ0n) is 14.3. The van der Waals surface area contributed by atoms with E-state index in [1.165, 1.54) is 17.7 Å². The van der Waals surface area contributed by atoms with Crippen LogP contribution in [-0.4, -0.2) is 30.0 Å². The van der Waals surface area contributed by atoms with Gasteiger partial charge in [0, 0.05) is 22.7 Å². The molecule has 0 saturated heterocycles. The molecule has 3 heterocycles. The summed E-state index contributed by atoms with van der Waals surface area (Å²) in [5, 5.41) is 12.9. The summed E-state index contributed by atoms with van der Waals surface area (Å²) in [6.07, 6.45) is 4.63. The van der Waals surface area contributed by atoms with Crippen molar-refractivity contribution in [3.05, 3.63) is 58.9 Å². The molecule has 3 aromatic heterocycles. The van der Waals surface area contributed by atoms with Crippen LogP contribution in [0.4, 0.5) is 5.82 Å². The van der Waals surface area contributed by atoms with Gasteiger partial charge in [0.1, 0.15) is 22.4 Å². The molecule has 0 radical (unpaired) electrons. The van der Waals surface area contributed by atoms with E-state index in [1.807, 2.05) is 24.3 Å². The van der Waals surface area contributed by atoms with E-state index < -0.39 is 5.60 Å². The first-order valence-corrected chi connectivity index (χ1v) is 8.90. The Kier molecular flexibility index (Phi) is 4.24. The second kappa shape index (κ2) is 6.72. The molecule has 0 bridgehead atoms. The highest BCUT2D eigenvalue weighted by Crippen LogP contribution is 2.23. The van der Waals surface area contributed by atoms with Gasteiger partial charge in [-0.2, -0.15) is 0 Å². The van der Waals surface area contributed by atoms with Gasteiger partial charge in [0.05, 0.1) is 6.20 Å². The molecule has 4 aromatic rings. The maximum atomic E-state index is 10.5. The van der Waals surface area contributed by atoms with Crippen LogP contribution in [0.25, 0.3) is 22.4 Å². The highest BCUT2D eigenvalue weighted by Gasteiger charge is 2.22. The molecule has 0 spiro atoms. The number of benzene rings is 1. The predicted octanol–water partition coefficient (Wildman–Crippen LogP) is 2.38. The first-order valence-electron chi connectivity index (χ1n) is 8.02. The van der Waals surface area contributed by atoms with Gasteiger partial charge in [-0.25, -0.2) is 24.9 Å². The average molecular weight is 374 g/mol. The number of rotatable bonds is 2. The molecule has 1 atom stereocenters. The van der Waals surface area contributed by atoms with Gasteiger partial charge in [0.25, 0.3) is 0 Å². The quantitative estimate of drug-likeness (QED) is 0.518. The van der Waals surface area contributed by atoms with Gasteiger partial charge in [-0.1, -0.05) is 24.0 Å². The number of anilines is 1. The number of aliphatic hydroxyl groups is 1. The molecule has 0 aliphatic carbocycles. The molecule has 4 rings (SSSR count). The second-order valence-electron chi connectivity index (χ2n) is 5.93. The number of hydrogen-bond acceptors (Lipinski definition) is 8. The molecule has 132 valence electrons. The summed E-state index contributed by atoms with van der Waals surface area (Å²) in [6, 6.07) is 7.44. The lowest BCUT2D eigenvalue weighted by molar-refractivity contribution is 0.122. The molecule has 0 saturated carbocycles. The Morgan fingerprint density at radius 1 is 1.19 bits per heavy atom. The Hall–Kier alpha value is -3.41. The first kappa shape index (κ1) is 17.0. The standard InChI is InChI=1S/C19H14N6OS/c1-19(26,18-21-7-8-27-18)6-5-12-3-2-4-13(9-12)17-22-10-14-15(25-17)16(20)24-11-23-14/h2-4,7-11,26H,1H3,(H2,20,23,24). The van der Waals surface area contributed by atoms with Crippen molar-refractivity contribution < 1.29 is 5.11 Å². The smallest absolute Gasteiger partial charge is 0.174 e. The Morgan fingerprint density at radius 3 is 2.89 bits per heavy atom. The topological polar surface area (TPSA) is 111 Å². The van der Waals surface area contributed by atoms with E-state index in [1.54, 1.807) is 24.7 Å². The predicted molar refractivity (Wildman–Crippen MR) is 104 cm³/mol. The van der Waals surface area contributed by atoms with Crippen LogP contribution in [0.15, 0.2) is 48.4 Å². The van der Waals surface area contributed by atoms with Crippen molar-refractivity contribution in [1.29, 1.82) is 0 Å². The number of hydrogen-bond donors (Lipinski definition) is 2. The number of nitrogens with zero attached hydrogens (tertiary/aromatic N) is 5. The molecule has 0 amide bonds. The number of thiazole rings is 1. The largest absolute Gasteiger partial charge is 0.382 e. The minimum absolute atomic E-state index is 0.305. The van der Waals surface area contributed by atoms with Crippen LogP contribution in [0.1, 0.15) is 17.5 Å². The molecule has 8 heteroatoms. The molecule has 1 unspecified atom stereocenters. The van der Waals surface area contributed by atoms with Crippen LogP contribution in [0.2, 0.25) is 0 Å². The molecular weight excluding hydrogens is 360 g/mol. The van der Waals surface area contributed by atoms with E-state index >= 15 is 0 Å². The Morgan fingerprint density at radius 2 is 2.07 bits per heavy atom. The lowest BCUT2D eigenvalue weighted by Gasteiger charge is -2.11. The maximum absolute atomic E-state index is 10.5. The monoisotopic (exact) mass is 374 g/mol. The van der Waals surface area contributed by atoms with Crippen molar-refractivity contribution in [1.82, 2.24) is 24.9 Å². The summed E-state index contributed by atoms with van der Waals surface area (Å²) in [4.78, 5) is 21.0. The summed E-state index contributed by atoms with van der Waals surface area (Å²) in [7, 11) is 0. The fourth-order valence-electron chi connectivity index (χ4n) is 2.46. The zero-order valence-corrected chi connectivity index (χ0v) is 15.1. The summed E-state index contributed by atoms with van der Waals surface area (Å²) in [5.41, 5.74) is 7.16. The van der Waals surface area contributed by atoms with Crippen molar-refractivity contribution in [2.45, 2.75) is 12.5 Å². The Bertz CT molecular complexity index is 1180. The Balaban J connectivity index is 1.70. The fraction of sp³-hybridized carbons (Fsp3) is 0.105. The van der Waals surface area contributed by atoms with E-state index in [0.717, 1.165) is 11.1 Å². The van der Waals surface area contributed by atoms with Crippen LogP contribution in [-0.2, 0) is 5.60 Å². The fourth-order valence-corrected chi connectivity index (χ4v) is 3.11.